The summed E-state index contributed by atoms with van der Waals surface area (Å²) in [6.45, 7) is 15.4. The van der Waals surface area contributed by atoms with Crippen LogP contribution in [0, 0.1) is 47.4 Å². The lowest BCUT2D eigenvalue weighted by Gasteiger charge is -2.13. The zero-order valence-corrected chi connectivity index (χ0v) is 32.4. The van der Waals surface area contributed by atoms with Gasteiger partial charge in [0.2, 0.25) is 0 Å². The molecule has 0 fully saturated rings. The molecule has 0 heterocycles. The number of fused-ring (bicyclic) bond motifs is 2. The van der Waals surface area contributed by atoms with E-state index in [1.54, 1.807) is 0 Å². The summed E-state index contributed by atoms with van der Waals surface area (Å²) in [4.78, 5) is 0. The van der Waals surface area contributed by atoms with E-state index in [1.807, 2.05) is 24.3 Å². The van der Waals surface area contributed by atoms with Crippen LogP contribution >= 0.6 is 0 Å². The first-order valence-electron chi connectivity index (χ1n) is 19.7. The number of ether oxygens (including phenoxy) is 2. The number of benzene rings is 5. The van der Waals surface area contributed by atoms with Crippen molar-refractivity contribution in [2.24, 2.45) is 23.7 Å². The van der Waals surface area contributed by atoms with Crippen LogP contribution in [0.15, 0.2) is 97.1 Å². The summed E-state index contributed by atoms with van der Waals surface area (Å²) in [7, 11) is 0. The highest BCUT2D eigenvalue weighted by Crippen LogP contribution is 2.32. The van der Waals surface area contributed by atoms with Crippen molar-refractivity contribution in [3.8, 4) is 35.2 Å². The molecule has 270 valence electrons. The van der Waals surface area contributed by atoms with E-state index in [1.165, 1.54) is 38.5 Å². The Hall–Kier alpha value is -4.66. The van der Waals surface area contributed by atoms with Crippen molar-refractivity contribution in [2.75, 3.05) is 13.2 Å². The number of hydrogen-bond donors (Lipinski definition) is 0. The Bertz CT molecular complexity index is 1770. The fraction of sp³-hybridized carbons (Fsp3) is 0.400. The third-order valence-corrected chi connectivity index (χ3v) is 10.0. The summed E-state index contributed by atoms with van der Waals surface area (Å²) in [5.41, 5.74) is 3.99. The lowest BCUT2D eigenvalue weighted by molar-refractivity contribution is 0.275. The average molecular weight is 691 g/mol. The zero-order chi connectivity index (χ0) is 36.7. The van der Waals surface area contributed by atoms with Crippen LogP contribution in [-0.4, -0.2) is 13.2 Å². The average Bonchev–Trinajstić information content (AvgIpc) is 3.14. The fourth-order valence-corrected chi connectivity index (χ4v) is 6.73. The molecule has 0 saturated carbocycles. The molecule has 0 radical (unpaired) electrons. The molecule has 2 unspecified atom stereocenters. The topological polar surface area (TPSA) is 18.5 Å². The predicted molar refractivity (Wildman–Crippen MR) is 222 cm³/mol. The van der Waals surface area contributed by atoms with Gasteiger partial charge in [-0.25, -0.2) is 0 Å². The van der Waals surface area contributed by atoms with E-state index >= 15 is 0 Å². The van der Waals surface area contributed by atoms with Crippen molar-refractivity contribution < 1.29 is 9.47 Å². The first-order valence-corrected chi connectivity index (χ1v) is 19.7. The molecule has 0 N–H and O–H groups in total. The van der Waals surface area contributed by atoms with Crippen LogP contribution in [0.4, 0.5) is 0 Å². The van der Waals surface area contributed by atoms with Crippen molar-refractivity contribution >= 4 is 21.5 Å². The van der Waals surface area contributed by atoms with Gasteiger partial charge in [-0.1, -0.05) is 152 Å². The summed E-state index contributed by atoms with van der Waals surface area (Å²) in [6, 6.07) is 33.4. The molecular weight excluding hydrogens is 633 g/mol. The van der Waals surface area contributed by atoms with E-state index in [0.29, 0.717) is 11.8 Å². The summed E-state index contributed by atoms with van der Waals surface area (Å²) in [6.07, 6.45) is 9.93. The van der Waals surface area contributed by atoms with E-state index < -0.39 is 0 Å². The third kappa shape index (κ3) is 11.7. The quantitative estimate of drug-likeness (QED) is 0.0758. The molecule has 2 nitrogen and oxygen atoms in total. The van der Waals surface area contributed by atoms with Gasteiger partial charge in [0.05, 0.1) is 13.2 Å². The van der Waals surface area contributed by atoms with E-state index in [0.717, 1.165) is 93.2 Å². The van der Waals surface area contributed by atoms with Crippen LogP contribution in [0.1, 0.15) is 115 Å². The molecule has 0 amide bonds. The minimum absolute atomic E-state index is 0.686. The molecule has 2 heteroatoms. The first-order chi connectivity index (χ1) is 25.3. The predicted octanol–water partition coefficient (Wildman–Crippen LogP) is 13.3. The van der Waals surface area contributed by atoms with Gasteiger partial charge in [0.1, 0.15) is 11.5 Å². The highest BCUT2D eigenvalue weighted by Gasteiger charge is 2.12. The smallest absolute Gasteiger partial charge is 0.119 e. The van der Waals surface area contributed by atoms with E-state index in [2.05, 4.69) is 138 Å². The van der Waals surface area contributed by atoms with E-state index in [9.17, 15) is 0 Å². The summed E-state index contributed by atoms with van der Waals surface area (Å²) in [5, 5.41) is 4.45. The molecule has 5 rings (SSSR count). The van der Waals surface area contributed by atoms with Crippen molar-refractivity contribution in [3.05, 3.63) is 119 Å². The maximum absolute atomic E-state index is 6.08. The van der Waals surface area contributed by atoms with Gasteiger partial charge in [-0.3, -0.25) is 0 Å². The molecule has 52 heavy (non-hydrogen) atoms. The number of rotatable bonds is 16. The van der Waals surface area contributed by atoms with Crippen LogP contribution in [-0.2, 0) is 0 Å². The van der Waals surface area contributed by atoms with Gasteiger partial charge in [0.25, 0.3) is 0 Å². The van der Waals surface area contributed by atoms with Crippen molar-refractivity contribution in [3.63, 3.8) is 0 Å². The third-order valence-electron chi connectivity index (χ3n) is 10.0. The van der Waals surface area contributed by atoms with Crippen LogP contribution in [0.25, 0.3) is 21.5 Å². The second kappa shape index (κ2) is 19.8. The highest BCUT2D eigenvalue weighted by molar-refractivity contribution is 6.09. The molecule has 0 bridgehead atoms. The Labute approximate surface area is 314 Å². The Morgan fingerprint density at radius 3 is 1.08 bits per heavy atom. The molecule has 0 aliphatic carbocycles. The van der Waals surface area contributed by atoms with Crippen molar-refractivity contribution in [2.45, 2.75) is 92.9 Å². The maximum Gasteiger partial charge on any atom is 0.119 e. The monoisotopic (exact) mass is 690 g/mol. The van der Waals surface area contributed by atoms with Crippen LogP contribution in [0.3, 0.4) is 0 Å². The van der Waals surface area contributed by atoms with Crippen LogP contribution in [0.2, 0.25) is 0 Å². The highest BCUT2D eigenvalue weighted by atomic mass is 16.5. The molecule has 0 aliphatic rings. The lowest BCUT2D eigenvalue weighted by atomic mass is 9.92. The minimum atomic E-state index is 0.686. The van der Waals surface area contributed by atoms with Gasteiger partial charge in [-0.05, 0) is 107 Å². The first kappa shape index (κ1) is 38.6. The van der Waals surface area contributed by atoms with Crippen molar-refractivity contribution in [1.82, 2.24) is 0 Å². The second-order valence-corrected chi connectivity index (χ2v) is 15.5. The normalized spacial score (nSPS) is 12.3. The Morgan fingerprint density at radius 1 is 0.404 bits per heavy atom. The summed E-state index contributed by atoms with van der Waals surface area (Å²) in [5.74, 6) is 18.7. The Morgan fingerprint density at radius 2 is 0.750 bits per heavy atom. The maximum atomic E-state index is 6.08. The van der Waals surface area contributed by atoms with Gasteiger partial charge in [-0.2, -0.15) is 0 Å². The molecule has 0 spiro atoms. The molecule has 0 aromatic heterocycles. The van der Waals surface area contributed by atoms with E-state index in [4.69, 9.17) is 9.47 Å². The van der Waals surface area contributed by atoms with Gasteiger partial charge >= 0.3 is 0 Å². The standard InChI is InChI=1S/C50H58O2/c1-37(2)13-11-15-39(5)33-35-51-43-27-21-41(22-28-43)25-31-49-45-17-7-9-19-47(45)50(48-20-10-8-18-46(48)49)32-26-42-23-29-44(30-24-42)52-36-34-40(6)16-12-14-38(3)4/h7-10,17-24,27-30,37-40H,11-16,33-36H2,1-6H3. The van der Waals surface area contributed by atoms with Gasteiger partial charge in [0.15, 0.2) is 0 Å². The Balaban J connectivity index is 1.27. The molecule has 5 aromatic carbocycles. The number of hydrogen-bond acceptors (Lipinski definition) is 2. The van der Waals surface area contributed by atoms with Gasteiger partial charge in [-0.15, -0.1) is 0 Å². The SMILES string of the molecule is CC(C)CCCC(C)CCOc1ccc(C#Cc2c3ccccc3c(C#Cc3ccc(OCCC(C)CCCC(C)C)cc3)c3ccccc23)cc1. The second-order valence-electron chi connectivity index (χ2n) is 15.5. The fourth-order valence-electron chi connectivity index (χ4n) is 6.73. The van der Waals surface area contributed by atoms with Crippen molar-refractivity contribution in [1.29, 1.82) is 0 Å². The summed E-state index contributed by atoms with van der Waals surface area (Å²) >= 11 is 0. The summed E-state index contributed by atoms with van der Waals surface area (Å²) < 4.78 is 12.2. The zero-order valence-electron chi connectivity index (χ0n) is 32.4. The molecule has 5 aromatic rings. The Kier molecular flexibility index (Phi) is 14.7. The van der Waals surface area contributed by atoms with Crippen LogP contribution in [0.5, 0.6) is 11.5 Å². The molecule has 0 aliphatic heterocycles. The molecule has 0 saturated heterocycles. The molecular formula is C50H58O2. The van der Waals surface area contributed by atoms with E-state index in [-0.39, 0.29) is 0 Å². The van der Waals surface area contributed by atoms with Gasteiger partial charge in [0, 0.05) is 22.3 Å². The molecule has 2 atom stereocenters. The van der Waals surface area contributed by atoms with Gasteiger partial charge < -0.3 is 9.47 Å². The largest absolute Gasteiger partial charge is 0.494 e. The van der Waals surface area contributed by atoms with Crippen LogP contribution < -0.4 is 9.47 Å². The minimum Gasteiger partial charge on any atom is -0.494 e. The lowest BCUT2D eigenvalue weighted by Crippen LogP contribution is -2.04.